The third-order valence-corrected chi connectivity index (χ3v) is 2.78. The first-order valence-electron chi connectivity index (χ1n) is 5.76. The standard InChI is InChI=1S/C11H19NO5/c1-16-6-7-17-10(13)8-12-5-3-2-4-9(12)11(14)15/h9H,2-8H2,1H3,(H,14,15). The van der Waals surface area contributed by atoms with E-state index >= 15 is 0 Å². The van der Waals surface area contributed by atoms with Crippen LogP contribution < -0.4 is 0 Å². The van der Waals surface area contributed by atoms with Crippen molar-refractivity contribution in [2.75, 3.05) is 33.4 Å². The van der Waals surface area contributed by atoms with Gasteiger partial charge in [0.05, 0.1) is 13.2 Å². The van der Waals surface area contributed by atoms with E-state index in [1.54, 1.807) is 4.90 Å². The van der Waals surface area contributed by atoms with Gasteiger partial charge in [-0.3, -0.25) is 14.5 Å². The molecule has 98 valence electrons. The highest BCUT2D eigenvalue weighted by Gasteiger charge is 2.29. The van der Waals surface area contributed by atoms with E-state index < -0.39 is 18.0 Å². The minimum atomic E-state index is -0.866. The van der Waals surface area contributed by atoms with Crippen molar-refractivity contribution in [1.29, 1.82) is 0 Å². The minimum absolute atomic E-state index is 0.0423. The number of methoxy groups -OCH3 is 1. The molecule has 6 heteroatoms. The van der Waals surface area contributed by atoms with E-state index in [2.05, 4.69) is 0 Å². The van der Waals surface area contributed by atoms with Crippen LogP contribution in [0.4, 0.5) is 0 Å². The van der Waals surface area contributed by atoms with E-state index in [0.717, 1.165) is 12.8 Å². The van der Waals surface area contributed by atoms with Gasteiger partial charge in [0.1, 0.15) is 12.6 Å². The summed E-state index contributed by atoms with van der Waals surface area (Å²) in [5.41, 5.74) is 0. The molecule has 1 saturated heterocycles. The Bertz CT molecular complexity index is 269. The van der Waals surface area contributed by atoms with Crippen molar-refractivity contribution in [3.8, 4) is 0 Å². The lowest BCUT2D eigenvalue weighted by atomic mass is 10.0. The first-order valence-corrected chi connectivity index (χ1v) is 5.76. The van der Waals surface area contributed by atoms with Crippen LogP contribution in [-0.4, -0.2) is 61.4 Å². The molecule has 0 spiro atoms. The summed E-state index contributed by atoms with van der Waals surface area (Å²) >= 11 is 0. The lowest BCUT2D eigenvalue weighted by Gasteiger charge is -2.31. The van der Waals surface area contributed by atoms with Crippen molar-refractivity contribution < 1.29 is 24.2 Å². The van der Waals surface area contributed by atoms with E-state index in [9.17, 15) is 9.59 Å². The third-order valence-electron chi connectivity index (χ3n) is 2.78. The van der Waals surface area contributed by atoms with E-state index in [-0.39, 0.29) is 13.2 Å². The van der Waals surface area contributed by atoms with E-state index in [0.29, 0.717) is 19.6 Å². The van der Waals surface area contributed by atoms with E-state index in [1.807, 2.05) is 0 Å². The zero-order valence-corrected chi connectivity index (χ0v) is 10.1. The summed E-state index contributed by atoms with van der Waals surface area (Å²) < 4.78 is 9.67. The molecule has 1 fully saturated rings. The highest BCUT2D eigenvalue weighted by atomic mass is 16.6. The van der Waals surface area contributed by atoms with E-state index in [4.69, 9.17) is 14.6 Å². The van der Waals surface area contributed by atoms with Crippen LogP contribution in [0.2, 0.25) is 0 Å². The second-order valence-corrected chi connectivity index (χ2v) is 4.03. The van der Waals surface area contributed by atoms with E-state index in [1.165, 1.54) is 7.11 Å². The molecular formula is C11H19NO5. The average molecular weight is 245 g/mol. The van der Waals surface area contributed by atoms with Crippen molar-refractivity contribution in [2.45, 2.75) is 25.3 Å². The van der Waals surface area contributed by atoms with Gasteiger partial charge in [-0.05, 0) is 19.4 Å². The molecule has 1 heterocycles. The van der Waals surface area contributed by atoms with Gasteiger partial charge in [0.2, 0.25) is 0 Å². The number of nitrogens with zero attached hydrogens (tertiary/aromatic N) is 1. The second-order valence-electron chi connectivity index (χ2n) is 4.03. The molecule has 0 radical (unpaired) electrons. The first-order chi connectivity index (χ1) is 8.15. The summed E-state index contributed by atoms with van der Waals surface area (Å²) in [4.78, 5) is 24.1. The number of likely N-dealkylation sites (tertiary alicyclic amines) is 1. The number of ether oxygens (including phenoxy) is 2. The normalized spacial score (nSPS) is 21.1. The zero-order valence-electron chi connectivity index (χ0n) is 10.1. The molecule has 1 unspecified atom stereocenters. The third kappa shape index (κ3) is 4.70. The highest BCUT2D eigenvalue weighted by Crippen LogP contribution is 2.16. The number of hydrogen-bond donors (Lipinski definition) is 1. The fraction of sp³-hybridized carbons (Fsp3) is 0.818. The van der Waals surface area contributed by atoms with Crippen LogP contribution in [0.3, 0.4) is 0 Å². The average Bonchev–Trinajstić information content (AvgIpc) is 2.29. The summed E-state index contributed by atoms with van der Waals surface area (Å²) in [5.74, 6) is -1.26. The molecule has 1 N–H and O–H groups in total. The molecule has 0 aromatic rings. The van der Waals surface area contributed by atoms with Gasteiger partial charge >= 0.3 is 11.9 Å². The fourth-order valence-electron chi connectivity index (χ4n) is 1.91. The predicted molar refractivity (Wildman–Crippen MR) is 59.7 cm³/mol. The number of piperidine rings is 1. The Hall–Kier alpha value is -1.14. The Morgan fingerprint density at radius 1 is 1.35 bits per heavy atom. The molecular weight excluding hydrogens is 226 g/mol. The quantitative estimate of drug-likeness (QED) is 0.529. The van der Waals surface area contributed by atoms with Gasteiger partial charge in [0.25, 0.3) is 0 Å². The van der Waals surface area contributed by atoms with Crippen LogP contribution in [0.5, 0.6) is 0 Å². The van der Waals surface area contributed by atoms with Crippen LogP contribution in [0.1, 0.15) is 19.3 Å². The lowest BCUT2D eigenvalue weighted by molar-refractivity contribution is -0.151. The van der Waals surface area contributed by atoms with Crippen molar-refractivity contribution in [2.24, 2.45) is 0 Å². The molecule has 0 bridgehead atoms. The maximum atomic E-state index is 11.4. The van der Waals surface area contributed by atoms with Crippen molar-refractivity contribution in [3.63, 3.8) is 0 Å². The number of carbonyl (C=O) groups excluding carboxylic acids is 1. The molecule has 0 amide bonds. The van der Waals surface area contributed by atoms with Crippen LogP contribution in [-0.2, 0) is 19.1 Å². The summed E-state index contributed by atoms with van der Waals surface area (Å²) in [6, 6.07) is -0.557. The van der Waals surface area contributed by atoms with Gasteiger partial charge in [-0.15, -0.1) is 0 Å². The van der Waals surface area contributed by atoms with Crippen molar-refractivity contribution in [3.05, 3.63) is 0 Å². The number of esters is 1. The molecule has 1 aliphatic heterocycles. The zero-order chi connectivity index (χ0) is 12.7. The summed E-state index contributed by atoms with van der Waals surface area (Å²) in [6.07, 6.45) is 2.42. The number of hydrogen-bond acceptors (Lipinski definition) is 5. The molecule has 17 heavy (non-hydrogen) atoms. The largest absolute Gasteiger partial charge is 0.480 e. The van der Waals surface area contributed by atoms with Gasteiger partial charge in [-0.25, -0.2) is 0 Å². The maximum Gasteiger partial charge on any atom is 0.320 e. The first kappa shape index (κ1) is 13.9. The molecule has 0 aromatic carbocycles. The van der Waals surface area contributed by atoms with Gasteiger partial charge in [0, 0.05) is 7.11 Å². The molecule has 0 aromatic heterocycles. The Morgan fingerprint density at radius 3 is 2.76 bits per heavy atom. The summed E-state index contributed by atoms with van der Waals surface area (Å²) in [7, 11) is 1.53. The number of rotatable bonds is 6. The maximum absolute atomic E-state index is 11.4. The fourth-order valence-corrected chi connectivity index (χ4v) is 1.91. The number of aliphatic carboxylic acids is 1. The van der Waals surface area contributed by atoms with Crippen molar-refractivity contribution >= 4 is 11.9 Å². The minimum Gasteiger partial charge on any atom is -0.480 e. The predicted octanol–water partition coefficient (Wildman–Crippen LogP) is 0.115. The molecule has 1 rings (SSSR count). The Balaban J connectivity index is 2.36. The molecule has 0 aliphatic carbocycles. The topological polar surface area (TPSA) is 76.1 Å². The van der Waals surface area contributed by atoms with Crippen LogP contribution >= 0.6 is 0 Å². The van der Waals surface area contributed by atoms with Crippen LogP contribution in [0.25, 0.3) is 0 Å². The highest BCUT2D eigenvalue weighted by molar-refractivity contribution is 5.76. The number of carboxylic acid groups (broad SMARTS) is 1. The van der Waals surface area contributed by atoms with Gasteiger partial charge in [-0.1, -0.05) is 6.42 Å². The van der Waals surface area contributed by atoms with Crippen LogP contribution in [0, 0.1) is 0 Å². The summed E-state index contributed by atoms with van der Waals surface area (Å²) in [5, 5.41) is 9.02. The molecule has 1 aliphatic rings. The number of carbonyl (C=O) groups is 2. The van der Waals surface area contributed by atoms with Crippen LogP contribution in [0.15, 0.2) is 0 Å². The molecule has 6 nitrogen and oxygen atoms in total. The Morgan fingerprint density at radius 2 is 2.12 bits per heavy atom. The smallest absolute Gasteiger partial charge is 0.320 e. The summed E-state index contributed by atoms with van der Waals surface area (Å²) in [6.45, 7) is 1.24. The van der Waals surface area contributed by atoms with Gasteiger partial charge in [-0.2, -0.15) is 0 Å². The SMILES string of the molecule is COCCOC(=O)CN1CCCCC1C(=O)O. The lowest BCUT2D eigenvalue weighted by Crippen LogP contribution is -2.47. The van der Waals surface area contributed by atoms with Gasteiger partial charge in [0.15, 0.2) is 0 Å². The van der Waals surface area contributed by atoms with Gasteiger partial charge < -0.3 is 14.6 Å². The monoisotopic (exact) mass is 245 g/mol. The molecule has 0 saturated carbocycles. The number of carboxylic acids is 1. The van der Waals surface area contributed by atoms with Crippen molar-refractivity contribution in [1.82, 2.24) is 4.90 Å². The Kier molecular flexibility index (Phi) is 5.93. The second kappa shape index (κ2) is 7.24. The molecule has 1 atom stereocenters. The Labute approximate surface area is 100 Å².